The zero-order valence-corrected chi connectivity index (χ0v) is 11.4. The van der Waals surface area contributed by atoms with Gasteiger partial charge in [-0.3, -0.25) is 0 Å². The molecule has 4 heteroatoms. The number of benzene rings is 1. The molecule has 0 saturated heterocycles. The van der Waals surface area contributed by atoms with Crippen molar-refractivity contribution in [3.8, 4) is 11.3 Å². The smallest absolute Gasteiger partial charge is 0.109 e. The number of hydrogen-bond acceptors (Lipinski definition) is 2. The molecule has 1 unspecified atom stereocenters. The van der Waals surface area contributed by atoms with Gasteiger partial charge in [0.25, 0.3) is 0 Å². The van der Waals surface area contributed by atoms with Gasteiger partial charge in [0.2, 0.25) is 0 Å². The van der Waals surface area contributed by atoms with Crippen LogP contribution in [-0.2, 0) is 0 Å². The van der Waals surface area contributed by atoms with Crippen molar-refractivity contribution in [1.29, 1.82) is 0 Å². The van der Waals surface area contributed by atoms with Gasteiger partial charge in [-0.05, 0) is 25.1 Å². The molecule has 1 aromatic heterocycles. The minimum absolute atomic E-state index is 0.376. The van der Waals surface area contributed by atoms with Crippen LogP contribution in [-0.4, -0.2) is 16.5 Å². The van der Waals surface area contributed by atoms with Gasteiger partial charge in [0.1, 0.15) is 5.82 Å². The van der Waals surface area contributed by atoms with Crippen LogP contribution in [0.1, 0.15) is 25.1 Å². The van der Waals surface area contributed by atoms with E-state index in [2.05, 4.69) is 45.0 Å². The molecule has 0 aliphatic heterocycles. The molecule has 2 aromatic rings. The summed E-state index contributed by atoms with van der Waals surface area (Å²) >= 11 is 3.47. The number of rotatable bonds is 4. The summed E-state index contributed by atoms with van der Waals surface area (Å²) < 4.78 is 1.07. The molecular weight excluding hydrogens is 278 g/mol. The number of H-pyrrole nitrogens is 1. The van der Waals surface area contributed by atoms with E-state index in [1.54, 1.807) is 0 Å². The molecule has 0 saturated carbocycles. The van der Waals surface area contributed by atoms with Crippen molar-refractivity contribution < 1.29 is 0 Å². The Balaban J connectivity index is 2.23. The van der Waals surface area contributed by atoms with E-state index < -0.39 is 0 Å². The van der Waals surface area contributed by atoms with Gasteiger partial charge in [0.15, 0.2) is 0 Å². The van der Waals surface area contributed by atoms with Gasteiger partial charge in [-0.15, -0.1) is 0 Å². The fourth-order valence-corrected chi connectivity index (χ4v) is 2.18. The van der Waals surface area contributed by atoms with Crippen molar-refractivity contribution >= 4 is 15.9 Å². The van der Waals surface area contributed by atoms with Crippen LogP contribution in [0.5, 0.6) is 0 Å². The molecule has 0 aliphatic carbocycles. The molecule has 1 aromatic carbocycles. The highest BCUT2D eigenvalue weighted by Crippen LogP contribution is 2.23. The zero-order valence-electron chi connectivity index (χ0n) is 9.78. The number of nitrogens with two attached hydrogens (primary N) is 1. The predicted molar refractivity (Wildman–Crippen MR) is 73.8 cm³/mol. The SMILES string of the molecule is CC(CCN)c1ncc(-c2cccc(Br)c2)[nH]1. The van der Waals surface area contributed by atoms with Crippen molar-refractivity contribution in [2.45, 2.75) is 19.3 Å². The molecule has 1 atom stereocenters. The lowest BCUT2D eigenvalue weighted by atomic mass is 10.1. The van der Waals surface area contributed by atoms with Gasteiger partial charge in [-0.25, -0.2) is 4.98 Å². The van der Waals surface area contributed by atoms with Crippen LogP contribution < -0.4 is 5.73 Å². The molecule has 0 bridgehead atoms. The first-order chi connectivity index (χ1) is 8.20. The summed E-state index contributed by atoms with van der Waals surface area (Å²) in [6, 6.07) is 8.17. The summed E-state index contributed by atoms with van der Waals surface area (Å²) in [4.78, 5) is 7.77. The standard InChI is InChI=1S/C13H16BrN3/c1-9(5-6-15)13-16-8-12(17-13)10-3-2-4-11(14)7-10/h2-4,7-9H,5-6,15H2,1H3,(H,16,17). The highest BCUT2D eigenvalue weighted by molar-refractivity contribution is 9.10. The fourth-order valence-electron chi connectivity index (χ4n) is 1.78. The predicted octanol–water partition coefficient (Wildman–Crippen LogP) is 3.29. The van der Waals surface area contributed by atoms with Crippen LogP contribution in [0, 0.1) is 0 Å². The monoisotopic (exact) mass is 293 g/mol. The molecule has 3 nitrogen and oxygen atoms in total. The van der Waals surface area contributed by atoms with Gasteiger partial charge < -0.3 is 10.7 Å². The number of halogens is 1. The largest absolute Gasteiger partial charge is 0.342 e. The summed E-state index contributed by atoms with van der Waals surface area (Å²) in [7, 11) is 0. The summed E-state index contributed by atoms with van der Waals surface area (Å²) in [6.07, 6.45) is 2.83. The Morgan fingerprint density at radius 3 is 3.00 bits per heavy atom. The third kappa shape index (κ3) is 2.96. The Kier molecular flexibility index (Phi) is 3.97. The van der Waals surface area contributed by atoms with Crippen LogP contribution in [0.2, 0.25) is 0 Å². The van der Waals surface area contributed by atoms with Crippen molar-refractivity contribution in [3.63, 3.8) is 0 Å². The summed E-state index contributed by atoms with van der Waals surface area (Å²) in [5.74, 6) is 1.38. The van der Waals surface area contributed by atoms with Crippen molar-refractivity contribution in [2.75, 3.05) is 6.54 Å². The lowest BCUT2D eigenvalue weighted by molar-refractivity contribution is 0.655. The Bertz CT molecular complexity index is 493. The minimum atomic E-state index is 0.376. The third-order valence-corrected chi connectivity index (χ3v) is 3.29. The number of nitrogens with zero attached hydrogens (tertiary/aromatic N) is 1. The molecule has 2 rings (SSSR count). The molecule has 0 fully saturated rings. The van der Waals surface area contributed by atoms with Crippen molar-refractivity contribution in [1.82, 2.24) is 9.97 Å². The second-order valence-corrected chi connectivity index (χ2v) is 5.09. The average Bonchev–Trinajstić information content (AvgIpc) is 2.78. The maximum atomic E-state index is 5.56. The van der Waals surface area contributed by atoms with Gasteiger partial charge in [-0.1, -0.05) is 35.0 Å². The van der Waals surface area contributed by atoms with Crippen LogP contribution in [0.25, 0.3) is 11.3 Å². The maximum absolute atomic E-state index is 5.56. The first-order valence-corrected chi connectivity index (χ1v) is 6.51. The molecule has 90 valence electrons. The molecule has 0 amide bonds. The highest BCUT2D eigenvalue weighted by Gasteiger charge is 2.09. The Morgan fingerprint density at radius 2 is 2.29 bits per heavy atom. The van der Waals surface area contributed by atoms with E-state index in [4.69, 9.17) is 5.73 Å². The Labute approximate surface area is 110 Å². The van der Waals surface area contributed by atoms with E-state index in [-0.39, 0.29) is 0 Å². The molecule has 17 heavy (non-hydrogen) atoms. The summed E-state index contributed by atoms with van der Waals surface area (Å²) in [5, 5.41) is 0. The van der Waals surface area contributed by atoms with Gasteiger partial charge in [-0.2, -0.15) is 0 Å². The van der Waals surface area contributed by atoms with E-state index >= 15 is 0 Å². The molecule has 0 aliphatic rings. The van der Waals surface area contributed by atoms with E-state index in [0.29, 0.717) is 12.5 Å². The third-order valence-electron chi connectivity index (χ3n) is 2.80. The second-order valence-electron chi connectivity index (χ2n) is 4.17. The number of hydrogen-bond donors (Lipinski definition) is 2. The lowest BCUT2D eigenvalue weighted by Crippen LogP contribution is -2.05. The molecule has 0 radical (unpaired) electrons. The van der Waals surface area contributed by atoms with Crippen molar-refractivity contribution in [3.05, 3.63) is 40.8 Å². The van der Waals surface area contributed by atoms with E-state index in [1.807, 2.05) is 18.3 Å². The molecular formula is C13H16BrN3. The van der Waals surface area contributed by atoms with Crippen LogP contribution in [0.4, 0.5) is 0 Å². The first kappa shape index (κ1) is 12.3. The van der Waals surface area contributed by atoms with Gasteiger partial charge in [0, 0.05) is 16.0 Å². The normalized spacial score (nSPS) is 12.6. The van der Waals surface area contributed by atoms with Crippen LogP contribution >= 0.6 is 15.9 Å². The second kappa shape index (κ2) is 5.47. The summed E-state index contributed by atoms with van der Waals surface area (Å²) in [6.45, 7) is 2.82. The highest BCUT2D eigenvalue weighted by atomic mass is 79.9. The zero-order chi connectivity index (χ0) is 12.3. The van der Waals surface area contributed by atoms with E-state index in [9.17, 15) is 0 Å². The van der Waals surface area contributed by atoms with E-state index in [0.717, 1.165) is 28.0 Å². The first-order valence-electron chi connectivity index (χ1n) is 5.71. The number of nitrogens with one attached hydrogen (secondary N) is 1. The summed E-state index contributed by atoms with van der Waals surface area (Å²) in [5.41, 5.74) is 7.74. The Hall–Kier alpha value is -1.13. The van der Waals surface area contributed by atoms with Gasteiger partial charge in [0.05, 0.1) is 11.9 Å². The van der Waals surface area contributed by atoms with Crippen LogP contribution in [0.3, 0.4) is 0 Å². The maximum Gasteiger partial charge on any atom is 0.109 e. The lowest BCUT2D eigenvalue weighted by Gasteiger charge is -2.05. The average molecular weight is 294 g/mol. The number of aromatic nitrogens is 2. The molecule has 3 N–H and O–H groups in total. The Morgan fingerprint density at radius 1 is 1.47 bits per heavy atom. The van der Waals surface area contributed by atoms with Gasteiger partial charge >= 0.3 is 0 Å². The van der Waals surface area contributed by atoms with Crippen LogP contribution in [0.15, 0.2) is 34.9 Å². The fraction of sp³-hybridized carbons (Fsp3) is 0.308. The molecule has 1 heterocycles. The van der Waals surface area contributed by atoms with E-state index in [1.165, 1.54) is 0 Å². The van der Waals surface area contributed by atoms with Crippen molar-refractivity contribution in [2.24, 2.45) is 5.73 Å². The number of imidazole rings is 1. The number of aromatic amines is 1. The topological polar surface area (TPSA) is 54.7 Å². The minimum Gasteiger partial charge on any atom is -0.342 e. The molecule has 0 spiro atoms. The quantitative estimate of drug-likeness (QED) is 0.909.